The Morgan fingerprint density at radius 3 is 2.44 bits per heavy atom. The van der Waals surface area contributed by atoms with Crippen molar-refractivity contribution in [2.24, 2.45) is 5.41 Å². The fourth-order valence-corrected chi connectivity index (χ4v) is 5.10. The summed E-state index contributed by atoms with van der Waals surface area (Å²) in [6.07, 6.45) is 3.87. The van der Waals surface area contributed by atoms with Gasteiger partial charge < -0.3 is 24.8 Å². The number of aromatic nitrogens is 2. The predicted octanol–water partition coefficient (Wildman–Crippen LogP) is 6.35. The van der Waals surface area contributed by atoms with Gasteiger partial charge >= 0.3 is 0 Å². The summed E-state index contributed by atoms with van der Waals surface area (Å²) in [5, 5.41) is 7.10. The van der Waals surface area contributed by atoms with Crippen LogP contribution in [0, 0.1) is 12.3 Å². The number of carbonyl (C=O) groups is 1. The molecule has 0 saturated carbocycles. The molecule has 39 heavy (non-hydrogen) atoms. The van der Waals surface area contributed by atoms with Crippen LogP contribution in [0.3, 0.4) is 0 Å². The van der Waals surface area contributed by atoms with Crippen LogP contribution in [0.15, 0.2) is 85.2 Å². The molecule has 0 unspecified atom stereocenters. The molecule has 5 rings (SSSR count). The third kappa shape index (κ3) is 5.25. The van der Waals surface area contributed by atoms with E-state index in [0.29, 0.717) is 16.5 Å². The van der Waals surface area contributed by atoms with Gasteiger partial charge in [-0.15, -0.1) is 0 Å². The van der Waals surface area contributed by atoms with Crippen molar-refractivity contribution in [3.63, 3.8) is 0 Å². The number of thiocarbonyl (C=S) groups is 1. The Balaban J connectivity index is 1.60. The number of benzene rings is 2. The number of rotatable bonds is 6. The van der Waals surface area contributed by atoms with Gasteiger partial charge in [-0.2, -0.15) is 0 Å². The molecule has 200 valence electrons. The minimum Gasteiger partial charge on any atom is -0.494 e. The Kier molecular flexibility index (Phi) is 7.14. The minimum atomic E-state index is -0.535. The summed E-state index contributed by atoms with van der Waals surface area (Å²) in [5.74, 6) is 0.470. The van der Waals surface area contributed by atoms with E-state index in [4.69, 9.17) is 17.0 Å². The van der Waals surface area contributed by atoms with Gasteiger partial charge in [-0.3, -0.25) is 9.78 Å². The van der Waals surface area contributed by atoms with Gasteiger partial charge in [0.1, 0.15) is 11.8 Å². The van der Waals surface area contributed by atoms with Crippen LogP contribution >= 0.6 is 12.2 Å². The average Bonchev–Trinajstić information content (AvgIpc) is 3.53. The lowest BCUT2D eigenvalue weighted by atomic mass is 9.95. The molecular weight excluding hydrogens is 506 g/mol. The van der Waals surface area contributed by atoms with Crippen LogP contribution < -0.4 is 20.3 Å². The molecule has 0 spiro atoms. The van der Waals surface area contributed by atoms with E-state index >= 15 is 0 Å². The van der Waals surface area contributed by atoms with Crippen molar-refractivity contribution in [3.8, 4) is 11.4 Å². The van der Waals surface area contributed by atoms with Crippen molar-refractivity contribution in [3.05, 3.63) is 102 Å². The third-order valence-corrected chi connectivity index (χ3v) is 7.20. The Labute approximate surface area is 234 Å². The van der Waals surface area contributed by atoms with Gasteiger partial charge in [-0.1, -0.05) is 44.5 Å². The first-order valence-electron chi connectivity index (χ1n) is 12.9. The molecule has 0 aliphatic carbocycles. The monoisotopic (exact) mass is 539 g/mol. The summed E-state index contributed by atoms with van der Waals surface area (Å²) in [4.78, 5) is 19.5. The topological polar surface area (TPSA) is 71.4 Å². The first-order chi connectivity index (χ1) is 18.7. The Morgan fingerprint density at radius 2 is 1.77 bits per heavy atom. The normalized spacial score (nSPS) is 17.2. The second kappa shape index (κ2) is 10.5. The van der Waals surface area contributed by atoms with Gasteiger partial charge in [0, 0.05) is 40.9 Å². The highest BCUT2D eigenvalue weighted by Crippen LogP contribution is 2.44. The summed E-state index contributed by atoms with van der Waals surface area (Å²) in [5.41, 5.74) is 5.15. The van der Waals surface area contributed by atoms with E-state index in [2.05, 4.69) is 74.6 Å². The predicted molar refractivity (Wildman–Crippen MR) is 160 cm³/mol. The summed E-state index contributed by atoms with van der Waals surface area (Å²) in [6, 6.07) is 23.9. The van der Waals surface area contributed by atoms with E-state index in [1.807, 2.05) is 57.2 Å². The van der Waals surface area contributed by atoms with Gasteiger partial charge in [0.05, 0.1) is 24.5 Å². The van der Waals surface area contributed by atoms with Crippen LogP contribution in [0.1, 0.15) is 49.8 Å². The SMILES string of the molecule is COc1cc(N2C(=S)N[C@H](c3ccccn3)[C@@H]2c2cccn2-c2ccc(C)cc2)ccc1NC(=O)C(C)(C)C. The molecule has 7 nitrogen and oxygen atoms in total. The number of nitrogens with one attached hydrogen (secondary N) is 2. The van der Waals surface area contributed by atoms with E-state index in [-0.39, 0.29) is 18.0 Å². The van der Waals surface area contributed by atoms with Crippen molar-refractivity contribution in [1.82, 2.24) is 14.9 Å². The summed E-state index contributed by atoms with van der Waals surface area (Å²) < 4.78 is 7.91. The Bertz CT molecular complexity index is 1490. The maximum Gasteiger partial charge on any atom is 0.229 e. The van der Waals surface area contributed by atoms with Crippen LogP contribution in [0.5, 0.6) is 5.75 Å². The molecule has 2 atom stereocenters. The van der Waals surface area contributed by atoms with Gasteiger partial charge in [0.25, 0.3) is 0 Å². The number of amides is 1. The lowest BCUT2D eigenvalue weighted by Gasteiger charge is -2.29. The van der Waals surface area contributed by atoms with Gasteiger partial charge in [-0.05, 0) is 67.7 Å². The van der Waals surface area contributed by atoms with E-state index in [9.17, 15) is 4.79 Å². The zero-order chi connectivity index (χ0) is 27.7. The van der Waals surface area contributed by atoms with Crippen molar-refractivity contribution in [2.75, 3.05) is 17.3 Å². The third-order valence-electron chi connectivity index (χ3n) is 6.89. The highest BCUT2D eigenvalue weighted by molar-refractivity contribution is 7.80. The van der Waals surface area contributed by atoms with Crippen LogP contribution in [-0.4, -0.2) is 27.7 Å². The number of aryl methyl sites for hydroxylation is 1. The van der Waals surface area contributed by atoms with Crippen LogP contribution in [0.2, 0.25) is 0 Å². The minimum absolute atomic E-state index is 0.0871. The lowest BCUT2D eigenvalue weighted by molar-refractivity contribution is -0.123. The zero-order valence-corrected chi connectivity index (χ0v) is 23.6. The molecular formula is C31H33N5O2S. The Hall–Kier alpha value is -4.17. The van der Waals surface area contributed by atoms with Crippen molar-refractivity contribution in [1.29, 1.82) is 0 Å². The van der Waals surface area contributed by atoms with Crippen LogP contribution in [0.25, 0.3) is 5.69 Å². The summed E-state index contributed by atoms with van der Waals surface area (Å²) >= 11 is 5.93. The molecule has 0 bridgehead atoms. The van der Waals surface area contributed by atoms with E-state index in [0.717, 1.165) is 22.8 Å². The van der Waals surface area contributed by atoms with Crippen molar-refractivity contribution in [2.45, 2.75) is 39.8 Å². The quantitative estimate of drug-likeness (QED) is 0.278. The van der Waals surface area contributed by atoms with Crippen molar-refractivity contribution < 1.29 is 9.53 Å². The number of carbonyl (C=O) groups excluding carboxylic acids is 1. The van der Waals surface area contributed by atoms with E-state index in [1.54, 1.807) is 13.3 Å². The average molecular weight is 540 g/mol. The van der Waals surface area contributed by atoms with Crippen molar-refractivity contribution >= 4 is 34.6 Å². The molecule has 8 heteroatoms. The number of anilines is 2. The first kappa shape index (κ1) is 26.4. The molecule has 1 aliphatic heterocycles. The molecule has 4 aromatic rings. The maximum absolute atomic E-state index is 12.7. The Morgan fingerprint density at radius 1 is 1.03 bits per heavy atom. The number of hydrogen-bond acceptors (Lipinski definition) is 4. The standard InChI is InChI=1S/C31H33N5O2S/c1-20-11-13-21(14-12-20)35-18-8-10-25(35)28-27(24-9-6-7-17-32-24)34-30(39)36(28)22-15-16-23(26(19-22)38-5)33-29(37)31(2,3)4/h6-19,27-28H,1-5H3,(H,33,37)(H,34,39)/t27-,28+/m1/s1. The molecule has 1 fully saturated rings. The van der Waals surface area contributed by atoms with Gasteiger partial charge in [-0.25, -0.2) is 0 Å². The van der Waals surface area contributed by atoms with Gasteiger partial charge in [0.15, 0.2) is 5.11 Å². The molecule has 1 saturated heterocycles. The molecule has 2 aromatic carbocycles. The number of methoxy groups -OCH3 is 1. The summed E-state index contributed by atoms with van der Waals surface area (Å²) in [7, 11) is 1.60. The molecule has 2 N–H and O–H groups in total. The van der Waals surface area contributed by atoms with Crippen LogP contribution in [-0.2, 0) is 4.79 Å². The zero-order valence-electron chi connectivity index (χ0n) is 22.8. The smallest absolute Gasteiger partial charge is 0.229 e. The molecule has 0 radical (unpaired) electrons. The van der Waals surface area contributed by atoms with E-state index < -0.39 is 5.41 Å². The maximum atomic E-state index is 12.7. The molecule has 2 aromatic heterocycles. The van der Waals surface area contributed by atoms with Crippen LogP contribution in [0.4, 0.5) is 11.4 Å². The molecule has 1 amide bonds. The van der Waals surface area contributed by atoms with E-state index in [1.165, 1.54) is 5.56 Å². The fourth-order valence-electron chi connectivity index (χ4n) is 4.75. The highest BCUT2D eigenvalue weighted by Gasteiger charge is 2.42. The summed E-state index contributed by atoms with van der Waals surface area (Å²) in [6.45, 7) is 7.72. The fraction of sp³-hybridized carbons (Fsp3) is 0.258. The first-order valence-corrected chi connectivity index (χ1v) is 13.3. The second-order valence-electron chi connectivity index (χ2n) is 10.7. The second-order valence-corrected chi connectivity index (χ2v) is 11.1. The highest BCUT2D eigenvalue weighted by atomic mass is 32.1. The molecule has 1 aliphatic rings. The molecule has 3 heterocycles. The number of nitrogens with zero attached hydrogens (tertiary/aromatic N) is 3. The largest absolute Gasteiger partial charge is 0.494 e. The number of hydrogen-bond donors (Lipinski definition) is 2. The lowest BCUT2D eigenvalue weighted by Crippen LogP contribution is -2.30. The number of ether oxygens (including phenoxy) is 1. The number of pyridine rings is 1. The van der Waals surface area contributed by atoms with Gasteiger partial charge in [0.2, 0.25) is 5.91 Å².